The highest BCUT2D eigenvalue weighted by atomic mass is 32.2. The van der Waals surface area contributed by atoms with Crippen LogP contribution >= 0.6 is 11.8 Å². The summed E-state index contributed by atoms with van der Waals surface area (Å²) >= 11 is 1.66. The molecule has 118 valence electrons. The lowest BCUT2D eigenvalue weighted by Crippen LogP contribution is -2.04. The van der Waals surface area contributed by atoms with E-state index in [-0.39, 0.29) is 0 Å². The van der Waals surface area contributed by atoms with Crippen LogP contribution in [-0.2, 0) is 6.54 Å². The van der Waals surface area contributed by atoms with Crippen molar-refractivity contribution >= 4 is 11.8 Å². The highest BCUT2D eigenvalue weighted by Gasteiger charge is 2.17. The second kappa shape index (κ2) is 6.87. The van der Waals surface area contributed by atoms with Gasteiger partial charge >= 0.3 is 0 Å². The second-order valence-electron chi connectivity index (χ2n) is 5.51. The number of furan rings is 1. The third kappa shape index (κ3) is 3.56. The quantitative estimate of drug-likeness (QED) is 0.492. The van der Waals surface area contributed by atoms with E-state index in [0.717, 1.165) is 40.2 Å². The molecule has 0 fully saturated rings. The molecular weight excluding hydrogens is 306 g/mol. The highest BCUT2D eigenvalue weighted by molar-refractivity contribution is 7.99. The monoisotopic (exact) mass is 325 g/mol. The van der Waals surface area contributed by atoms with Gasteiger partial charge in [0.15, 0.2) is 11.0 Å². The first-order chi connectivity index (χ1) is 11.1. The summed E-state index contributed by atoms with van der Waals surface area (Å²) in [7, 11) is 0. The number of rotatable bonds is 6. The van der Waals surface area contributed by atoms with Crippen LogP contribution in [0.4, 0.5) is 0 Å². The minimum atomic E-state index is 0.728. The van der Waals surface area contributed by atoms with Crippen molar-refractivity contribution in [2.45, 2.75) is 25.5 Å². The van der Waals surface area contributed by atoms with Gasteiger partial charge in [-0.1, -0.05) is 54.2 Å². The molecule has 4 nitrogen and oxygen atoms in total. The number of nitrogens with zero attached hydrogens (tertiary/aromatic N) is 3. The summed E-state index contributed by atoms with van der Waals surface area (Å²) < 4.78 is 7.57. The van der Waals surface area contributed by atoms with Crippen LogP contribution in [0.5, 0.6) is 0 Å². The van der Waals surface area contributed by atoms with Gasteiger partial charge in [0.25, 0.3) is 0 Å². The Bertz CT molecular complexity index is 805. The SMILES string of the molecule is C=C(C)CSc1nnc(-c2ccoc2C)n1Cc1ccccc1. The summed E-state index contributed by atoms with van der Waals surface area (Å²) in [6, 6.07) is 12.3. The maximum absolute atomic E-state index is 5.43. The van der Waals surface area contributed by atoms with Crippen LogP contribution in [0.15, 0.2) is 64.4 Å². The zero-order valence-corrected chi connectivity index (χ0v) is 14.1. The molecule has 0 aliphatic rings. The molecule has 0 spiro atoms. The van der Waals surface area contributed by atoms with Crippen LogP contribution in [0.2, 0.25) is 0 Å². The Morgan fingerprint density at radius 1 is 1.22 bits per heavy atom. The Hall–Kier alpha value is -2.27. The summed E-state index contributed by atoms with van der Waals surface area (Å²) in [5.74, 6) is 2.52. The molecule has 0 N–H and O–H groups in total. The Balaban J connectivity index is 1.99. The summed E-state index contributed by atoms with van der Waals surface area (Å²) in [5.41, 5.74) is 3.31. The minimum Gasteiger partial charge on any atom is -0.469 e. The zero-order chi connectivity index (χ0) is 16.2. The molecule has 5 heteroatoms. The lowest BCUT2D eigenvalue weighted by molar-refractivity contribution is 0.534. The smallest absolute Gasteiger partial charge is 0.192 e. The van der Waals surface area contributed by atoms with Crippen molar-refractivity contribution in [3.05, 3.63) is 66.1 Å². The van der Waals surface area contributed by atoms with E-state index in [9.17, 15) is 0 Å². The average molecular weight is 325 g/mol. The Morgan fingerprint density at radius 3 is 2.65 bits per heavy atom. The van der Waals surface area contributed by atoms with Gasteiger partial charge in [-0.05, 0) is 25.5 Å². The van der Waals surface area contributed by atoms with Gasteiger partial charge in [-0.25, -0.2) is 0 Å². The number of hydrogen-bond acceptors (Lipinski definition) is 4. The van der Waals surface area contributed by atoms with Crippen LogP contribution in [0.3, 0.4) is 0 Å². The molecule has 2 aromatic heterocycles. The van der Waals surface area contributed by atoms with E-state index in [1.165, 1.54) is 5.56 Å². The largest absolute Gasteiger partial charge is 0.469 e. The fraction of sp³-hybridized carbons (Fsp3) is 0.222. The van der Waals surface area contributed by atoms with Crippen LogP contribution < -0.4 is 0 Å². The summed E-state index contributed by atoms with van der Waals surface area (Å²) in [4.78, 5) is 0. The van der Waals surface area contributed by atoms with Crippen molar-refractivity contribution in [2.75, 3.05) is 5.75 Å². The van der Waals surface area contributed by atoms with Gasteiger partial charge in [0.05, 0.1) is 18.4 Å². The third-order valence-electron chi connectivity index (χ3n) is 3.45. The lowest BCUT2D eigenvalue weighted by atomic mass is 10.2. The van der Waals surface area contributed by atoms with Gasteiger partial charge in [-0.15, -0.1) is 10.2 Å². The fourth-order valence-electron chi connectivity index (χ4n) is 2.31. The normalized spacial score (nSPS) is 10.9. The highest BCUT2D eigenvalue weighted by Crippen LogP contribution is 2.28. The van der Waals surface area contributed by atoms with E-state index in [4.69, 9.17) is 4.42 Å². The van der Waals surface area contributed by atoms with Crippen LogP contribution in [0, 0.1) is 6.92 Å². The van der Waals surface area contributed by atoms with Crippen LogP contribution in [-0.4, -0.2) is 20.5 Å². The van der Waals surface area contributed by atoms with Gasteiger partial charge in [0.2, 0.25) is 0 Å². The standard InChI is InChI=1S/C18H19N3OS/c1-13(2)12-23-18-20-19-17(16-9-10-22-14(16)3)21(18)11-15-7-5-4-6-8-15/h4-10H,1,11-12H2,2-3H3. The first kappa shape index (κ1) is 15.6. The molecule has 0 amide bonds. The Labute approximate surface area is 140 Å². The minimum absolute atomic E-state index is 0.728. The maximum atomic E-state index is 5.43. The molecule has 2 heterocycles. The maximum Gasteiger partial charge on any atom is 0.192 e. The first-order valence-electron chi connectivity index (χ1n) is 7.44. The number of thioether (sulfide) groups is 1. The number of aryl methyl sites for hydroxylation is 1. The molecule has 0 aliphatic heterocycles. The fourth-order valence-corrected chi connectivity index (χ4v) is 3.09. The molecule has 1 aromatic carbocycles. The topological polar surface area (TPSA) is 43.9 Å². The van der Waals surface area contributed by atoms with Crippen molar-refractivity contribution in [1.29, 1.82) is 0 Å². The van der Waals surface area contributed by atoms with Crippen molar-refractivity contribution < 1.29 is 4.42 Å². The van der Waals surface area contributed by atoms with Crippen LogP contribution in [0.1, 0.15) is 18.2 Å². The second-order valence-corrected chi connectivity index (χ2v) is 6.46. The molecule has 3 rings (SSSR count). The molecule has 0 bridgehead atoms. The molecule has 0 radical (unpaired) electrons. The van der Waals surface area contributed by atoms with Crippen molar-refractivity contribution in [1.82, 2.24) is 14.8 Å². The van der Waals surface area contributed by atoms with Crippen molar-refractivity contribution in [3.8, 4) is 11.4 Å². The van der Waals surface area contributed by atoms with Crippen LogP contribution in [0.25, 0.3) is 11.4 Å². The molecular formula is C18H19N3OS. The first-order valence-corrected chi connectivity index (χ1v) is 8.42. The van der Waals surface area contributed by atoms with Gasteiger partial charge in [0, 0.05) is 5.75 Å². The molecule has 0 saturated heterocycles. The van der Waals surface area contributed by atoms with Gasteiger partial charge in [-0.3, -0.25) is 4.57 Å². The molecule has 23 heavy (non-hydrogen) atoms. The van der Waals surface area contributed by atoms with Gasteiger partial charge in [0.1, 0.15) is 5.76 Å². The van der Waals surface area contributed by atoms with E-state index in [1.807, 2.05) is 38.1 Å². The lowest BCUT2D eigenvalue weighted by Gasteiger charge is -2.10. The summed E-state index contributed by atoms with van der Waals surface area (Å²) in [6.45, 7) is 8.65. The summed E-state index contributed by atoms with van der Waals surface area (Å²) in [5, 5.41) is 9.67. The van der Waals surface area contributed by atoms with E-state index in [2.05, 4.69) is 33.5 Å². The van der Waals surface area contributed by atoms with E-state index < -0.39 is 0 Å². The Kier molecular flexibility index (Phi) is 4.67. The zero-order valence-electron chi connectivity index (χ0n) is 13.3. The molecule has 0 unspecified atom stereocenters. The van der Waals surface area contributed by atoms with Crippen molar-refractivity contribution in [3.63, 3.8) is 0 Å². The Morgan fingerprint density at radius 2 is 2.00 bits per heavy atom. The van der Waals surface area contributed by atoms with E-state index in [1.54, 1.807) is 18.0 Å². The molecule has 0 atom stereocenters. The average Bonchev–Trinajstić information content (AvgIpc) is 3.12. The van der Waals surface area contributed by atoms with E-state index in [0.29, 0.717) is 0 Å². The number of aromatic nitrogens is 3. The predicted octanol–water partition coefficient (Wildman–Crippen LogP) is 4.56. The number of benzene rings is 1. The third-order valence-corrected chi connectivity index (χ3v) is 4.65. The van der Waals surface area contributed by atoms with Gasteiger partial charge in [-0.2, -0.15) is 0 Å². The molecule has 3 aromatic rings. The molecule has 0 aliphatic carbocycles. The predicted molar refractivity (Wildman–Crippen MR) is 93.5 cm³/mol. The number of hydrogen-bond donors (Lipinski definition) is 0. The van der Waals surface area contributed by atoms with E-state index >= 15 is 0 Å². The molecule has 0 saturated carbocycles. The summed E-state index contributed by atoms with van der Waals surface area (Å²) in [6.07, 6.45) is 1.69. The van der Waals surface area contributed by atoms with Gasteiger partial charge < -0.3 is 4.42 Å². The van der Waals surface area contributed by atoms with Crippen molar-refractivity contribution in [2.24, 2.45) is 0 Å².